The number of ether oxygens (including phenoxy) is 1. The number of hydrogen-bond acceptors (Lipinski definition) is 5. The predicted octanol–water partition coefficient (Wildman–Crippen LogP) is 2.54. The van der Waals surface area contributed by atoms with Crippen LogP contribution >= 0.6 is 11.8 Å². The normalized spacial score (nSPS) is 20.8. The van der Waals surface area contributed by atoms with Crippen LogP contribution in [0.2, 0.25) is 0 Å². The summed E-state index contributed by atoms with van der Waals surface area (Å²) in [6.45, 7) is 7.45. The van der Waals surface area contributed by atoms with Crippen LogP contribution in [0.3, 0.4) is 0 Å². The van der Waals surface area contributed by atoms with Gasteiger partial charge < -0.3 is 14.6 Å². The Labute approximate surface area is 161 Å². The van der Waals surface area contributed by atoms with Crippen molar-refractivity contribution in [1.29, 1.82) is 0 Å². The first-order chi connectivity index (χ1) is 12.7. The van der Waals surface area contributed by atoms with Crippen molar-refractivity contribution in [2.24, 2.45) is 0 Å². The van der Waals surface area contributed by atoms with Crippen molar-refractivity contribution in [2.75, 3.05) is 38.6 Å². The van der Waals surface area contributed by atoms with Gasteiger partial charge in [0.2, 0.25) is 5.91 Å². The molecule has 1 N–H and O–H groups in total. The van der Waals surface area contributed by atoms with E-state index in [4.69, 9.17) is 4.74 Å². The van der Waals surface area contributed by atoms with Crippen LogP contribution in [0.1, 0.15) is 45.4 Å². The highest BCUT2D eigenvalue weighted by Crippen LogP contribution is 2.33. The van der Waals surface area contributed by atoms with E-state index in [0.717, 1.165) is 51.0 Å². The van der Waals surface area contributed by atoms with Gasteiger partial charge in [0.15, 0.2) is 5.16 Å². The fraction of sp³-hybridized carbons (Fsp3) is 0.789. The molecule has 1 aromatic rings. The van der Waals surface area contributed by atoms with Crippen molar-refractivity contribution < 1.29 is 9.53 Å². The molecule has 1 aliphatic heterocycles. The van der Waals surface area contributed by atoms with E-state index in [1.54, 1.807) is 0 Å². The van der Waals surface area contributed by atoms with E-state index in [9.17, 15) is 4.79 Å². The Bertz CT molecular complexity index is 566. The molecule has 0 spiro atoms. The van der Waals surface area contributed by atoms with Crippen molar-refractivity contribution in [3.05, 3.63) is 12.4 Å². The van der Waals surface area contributed by atoms with Gasteiger partial charge in [0.25, 0.3) is 0 Å². The Morgan fingerprint density at radius 2 is 2.08 bits per heavy atom. The van der Waals surface area contributed by atoms with Crippen LogP contribution in [0.25, 0.3) is 0 Å². The highest BCUT2D eigenvalue weighted by atomic mass is 32.2. The average molecular weight is 381 g/mol. The Kier molecular flexibility index (Phi) is 7.40. The summed E-state index contributed by atoms with van der Waals surface area (Å²) in [6, 6.07) is 0. The number of nitrogens with one attached hydrogen (secondary N) is 1. The zero-order chi connectivity index (χ0) is 18.2. The maximum Gasteiger partial charge on any atom is 0.230 e. The second-order valence-electron chi connectivity index (χ2n) is 7.35. The summed E-state index contributed by atoms with van der Waals surface area (Å²) in [6.07, 6.45) is 11.1. The zero-order valence-electron chi connectivity index (χ0n) is 15.9. The van der Waals surface area contributed by atoms with Crippen LogP contribution in [0.4, 0.5) is 0 Å². The predicted molar refractivity (Wildman–Crippen MR) is 104 cm³/mol. The van der Waals surface area contributed by atoms with Gasteiger partial charge in [-0.25, -0.2) is 4.98 Å². The van der Waals surface area contributed by atoms with E-state index >= 15 is 0 Å². The summed E-state index contributed by atoms with van der Waals surface area (Å²) >= 11 is 1.53. The molecule has 2 fully saturated rings. The van der Waals surface area contributed by atoms with E-state index in [2.05, 4.69) is 26.7 Å². The second kappa shape index (κ2) is 9.76. The number of aryl methyl sites for hydroxylation is 1. The van der Waals surface area contributed by atoms with Crippen LogP contribution in [0, 0.1) is 0 Å². The van der Waals surface area contributed by atoms with Crippen molar-refractivity contribution in [3.63, 3.8) is 0 Å². The van der Waals surface area contributed by atoms with E-state index in [1.807, 2.05) is 12.4 Å². The van der Waals surface area contributed by atoms with Crippen molar-refractivity contribution >= 4 is 17.7 Å². The fourth-order valence-corrected chi connectivity index (χ4v) is 4.96. The van der Waals surface area contributed by atoms with Crippen molar-refractivity contribution in [2.45, 2.75) is 62.7 Å². The van der Waals surface area contributed by atoms with Crippen molar-refractivity contribution in [1.82, 2.24) is 19.8 Å². The molecule has 26 heavy (non-hydrogen) atoms. The van der Waals surface area contributed by atoms with Gasteiger partial charge in [-0.15, -0.1) is 0 Å². The molecule has 6 nitrogen and oxygen atoms in total. The van der Waals surface area contributed by atoms with Gasteiger partial charge in [-0.2, -0.15) is 0 Å². The standard InChI is InChI=1S/C19H32N4O2S/c1-2-9-22-10-8-20-18(22)26-15-17(24)21-16-19(6-4-3-5-7-19)23-11-13-25-14-12-23/h8,10H,2-7,9,11-16H2,1H3,(H,21,24). The highest BCUT2D eigenvalue weighted by Gasteiger charge is 2.38. The SMILES string of the molecule is CCCn1ccnc1SCC(=O)NCC1(N2CCOCC2)CCCCC1. The molecular weight excluding hydrogens is 348 g/mol. The molecule has 7 heteroatoms. The molecule has 0 aromatic carbocycles. The van der Waals surface area contributed by atoms with Gasteiger partial charge in [0, 0.05) is 44.1 Å². The molecule has 2 heterocycles. The van der Waals surface area contributed by atoms with Gasteiger partial charge >= 0.3 is 0 Å². The number of carbonyl (C=O) groups is 1. The average Bonchev–Trinajstić information content (AvgIpc) is 3.14. The van der Waals surface area contributed by atoms with E-state index in [0.29, 0.717) is 5.75 Å². The van der Waals surface area contributed by atoms with Gasteiger partial charge in [-0.05, 0) is 19.3 Å². The zero-order valence-corrected chi connectivity index (χ0v) is 16.7. The Morgan fingerprint density at radius 1 is 1.31 bits per heavy atom. The lowest BCUT2D eigenvalue weighted by Crippen LogP contribution is -2.59. The minimum Gasteiger partial charge on any atom is -0.379 e. The first-order valence-electron chi connectivity index (χ1n) is 9.97. The van der Waals surface area contributed by atoms with Crippen LogP contribution < -0.4 is 5.32 Å². The Morgan fingerprint density at radius 3 is 2.81 bits per heavy atom. The van der Waals surface area contributed by atoms with Gasteiger partial charge in [-0.3, -0.25) is 9.69 Å². The molecule has 0 bridgehead atoms. The van der Waals surface area contributed by atoms with E-state index in [1.165, 1.54) is 43.9 Å². The number of amides is 1. The number of thioether (sulfide) groups is 1. The lowest BCUT2D eigenvalue weighted by atomic mass is 9.79. The van der Waals surface area contributed by atoms with Crippen LogP contribution in [0.15, 0.2) is 17.6 Å². The van der Waals surface area contributed by atoms with Gasteiger partial charge in [0.05, 0.1) is 19.0 Å². The molecule has 2 aliphatic rings. The molecule has 1 amide bonds. The first-order valence-corrected chi connectivity index (χ1v) is 11.0. The van der Waals surface area contributed by atoms with Crippen molar-refractivity contribution in [3.8, 4) is 0 Å². The van der Waals surface area contributed by atoms with E-state index < -0.39 is 0 Å². The summed E-state index contributed by atoms with van der Waals surface area (Å²) in [5.74, 6) is 0.541. The summed E-state index contributed by atoms with van der Waals surface area (Å²) in [4.78, 5) is 19.4. The lowest BCUT2D eigenvalue weighted by molar-refractivity contribution is -0.119. The monoisotopic (exact) mass is 380 g/mol. The molecule has 0 unspecified atom stereocenters. The quantitative estimate of drug-likeness (QED) is 0.703. The molecule has 0 radical (unpaired) electrons. The number of rotatable bonds is 8. The number of carbonyl (C=O) groups excluding carboxylic acids is 1. The fourth-order valence-electron chi connectivity index (χ4n) is 4.14. The highest BCUT2D eigenvalue weighted by molar-refractivity contribution is 7.99. The van der Waals surface area contributed by atoms with Crippen LogP contribution in [-0.4, -0.2) is 64.5 Å². The van der Waals surface area contributed by atoms with E-state index in [-0.39, 0.29) is 11.4 Å². The molecule has 1 saturated heterocycles. The molecule has 3 rings (SSSR count). The molecule has 146 valence electrons. The number of hydrogen-bond donors (Lipinski definition) is 1. The van der Waals surface area contributed by atoms with Gasteiger partial charge in [0.1, 0.15) is 0 Å². The van der Waals surface area contributed by atoms with Crippen LogP contribution in [0.5, 0.6) is 0 Å². The summed E-state index contributed by atoms with van der Waals surface area (Å²) < 4.78 is 7.65. The summed E-state index contributed by atoms with van der Waals surface area (Å²) in [5.41, 5.74) is 0.128. The molecule has 1 aromatic heterocycles. The minimum absolute atomic E-state index is 0.110. The third kappa shape index (κ3) is 5.02. The molecule has 0 atom stereocenters. The molecule has 1 saturated carbocycles. The minimum atomic E-state index is 0.110. The summed E-state index contributed by atoms with van der Waals surface area (Å²) in [7, 11) is 0. The Hall–Kier alpha value is -1.05. The number of morpholine rings is 1. The molecular formula is C19H32N4O2S. The van der Waals surface area contributed by atoms with Gasteiger partial charge in [-0.1, -0.05) is 37.9 Å². The maximum absolute atomic E-state index is 12.5. The second-order valence-corrected chi connectivity index (χ2v) is 8.30. The first kappa shape index (κ1) is 19.7. The number of nitrogens with zero attached hydrogens (tertiary/aromatic N) is 3. The molecule has 1 aliphatic carbocycles. The lowest BCUT2D eigenvalue weighted by Gasteiger charge is -2.48. The number of imidazole rings is 1. The third-order valence-electron chi connectivity index (χ3n) is 5.55. The number of aromatic nitrogens is 2. The summed E-state index contributed by atoms with van der Waals surface area (Å²) in [5, 5.41) is 4.16. The smallest absolute Gasteiger partial charge is 0.230 e. The third-order valence-corrected chi connectivity index (χ3v) is 6.56. The Balaban J connectivity index is 1.51. The van der Waals surface area contributed by atoms with Crippen LogP contribution in [-0.2, 0) is 16.1 Å². The maximum atomic E-state index is 12.5. The topological polar surface area (TPSA) is 59.4 Å². The largest absolute Gasteiger partial charge is 0.379 e.